The number of amides is 1. The summed E-state index contributed by atoms with van der Waals surface area (Å²) in [5, 5.41) is 17.2. The van der Waals surface area contributed by atoms with Gasteiger partial charge in [0.1, 0.15) is 0 Å². The van der Waals surface area contributed by atoms with Crippen LogP contribution in [0, 0.1) is 22.7 Å². The number of benzene rings is 1. The first-order valence-electron chi connectivity index (χ1n) is 5.39. The van der Waals surface area contributed by atoms with Gasteiger partial charge in [0, 0.05) is 18.7 Å². The molecule has 0 aliphatic rings. The first kappa shape index (κ1) is 12.7. The number of nitriles is 2. The maximum absolute atomic E-state index is 12.0. The van der Waals surface area contributed by atoms with Crippen LogP contribution in [0.15, 0.2) is 24.3 Å². The second kappa shape index (κ2) is 6.30. The highest BCUT2D eigenvalue weighted by Gasteiger charge is 2.13. The number of carbonyl (C=O) groups is 1. The number of carbonyl (C=O) groups excluding carboxylic acids is 1. The summed E-state index contributed by atoms with van der Waals surface area (Å²) in [6.07, 6.45) is 0.329. The Labute approximate surface area is 101 Å². The lowest BCUT2D eigenvalue weighted by molar-refractivity contribution is 0.0768. The van der Waals surface area contributed by atoms with Crippen LogP contribution in [0.5, 0.6) is 0 Å². The Bertz CT molecular complexity index is 465. The fraction of sp³-hybridized carbons (Fsp3) is 0.308. The molecule has 1 aromatic rings. The van der Waals surface area contributed by atoms with E-state index in [2.05, 4.69) is 0 Å². The predicted octanol–water partition coefficient (Wildman–Crippen LogP) is 1.93. The van der Waals surface area contributed by atoms with E-state index in [0.717, 1.165) is 0 Å². The van der Waals surface area contributed by atoms with Crippen LogP contribution in [-0.2, 0) is 0 Å². The third-order valence-electron chi connectivity index (χ3n) is 2.42. The van der Waals surface area contributed by atoms with E-state index in [0.29, 0.717) is 30.6 Å². The zero-order valence-corrected chi connectivity index (χ0v) is 9.68. The van der Waals surface area contributed by atoms with Crippen molar-refractivity contribution in [3.05, 3.63) is 35.4 Å². The molecule has 0 bridgehead atoms. The summed E-state index contributed by atoms with van der Waals surface area (Å²) in [5.74, 6) is -0.104. The second-order valence-corrected chi connectivity index (χ2v) is 3.48. The predicted molar refractivity (Wildman–Crippen MR) is 63.0 cm³/mol. The van der Waals surface area contributed by atoms with Crippen LogP contribution in [0.2, 0.25) is 0 Å². The molecule has 0 spiro atoms. The normalized spacial score (nSPS) is 9.12. The van der Waals surface area contributed by atoms with Gasteiger partial charge in [0.15, 0.2) is 0 Å². The van der Waals surface area contributed by atoms with Crippen LogP contribution in [-0.4, -0.2) is 23.9 Å². The van der Waals surface area contributed by atoms with E-state index in [1.54, 1.807) is 29.2 Å². The van der Waals surface area contributed by atoms with Gasteiger partial charge in [0.2, 0.25) is 0 Å². The van der Waals surface area contributed by atoms with Gasteiger partial charge in [-0.25, -0.2) is 0 Å². The number of nitrogens with zero attached hydrogens (tertiary/aromatic N) is 3. The van der Waals surface area contributed by atoms with Crippen molar-refractivity contribution in [1.29, 1.82) is 10.5 Å². The molecule has 0 saturated heterocycles. The lowest BCUT2D eigenvalue weighted by Crippen LogP contribution is -2.31. The Morgan fingerprint density at radius 3 is 2.41 bits per heavy atom. The molecule has 0 fully saturated rings. The molecule has 0 aliphatic carbocycles. The van der Waals surface area contributed by atoms with E-state index in [1.165, 1.54) is 0 Å². The second-order valence-electron chi connectivity index (χ2n) is 3.48. The largest absolute Gasteiger partial charge is 0.338 e. The van der Waals surface area contributed by atoms with E-state index in [-0.39, 0.29) is 5.91 Å². The molecule has 0 aliphatic heterocycles. The molecule has 0 saturated carbocycles. The van der Waals surface area contributed by atoms with Gasteiger partial charge >= 0.3 is 0 Å². The van der Waals surface area contributed by atoms with Gasteiger partial charge in [-0.05, 0) is 31.2 Å². The fourth-order valence-corrected chi connectivity index (χ4v) is 1.46. The zero-order valence-electron chi connectivity index (χ0n) is 9.68. The van der Waals surface area contributed by atoms with Crippen molar-refractivity contribution in [2.24, 2.45) is 0 Å². The van der Waals surface area contributed by atoms with Crippen LogP contribution in [0.25, 0.3) is 0 Å². The van der Waals surface area contributed by atoms with Gasteiger partial charge in [-0.15, -0.1) is 0 Å². The van der Waals surface area contributed by atoms with Crippen LogP contribution >= 0.6 is 0 Å². The lowest BCUT2D eigenvalue weighted by Gasteiger charge is -2.19. The number of rotatable bonds is 4. The Hall–Kier alpha value is -2.33. The van der Waals surface area contributed by atoms with E-state index in [9.17, 15) is 4.79 Å². The summed E-state index contributed by atoms with van der Waals surface area (Å²) in [6.45, 7) is 2.88. The topological polar surface area (TPSA) is 67.9 Å². The molecule has 0 atom stereocenters. The molecule has 4 heteroatoms. The average molecular weight is 227 g/mol. The molecule has 0 heterocycles. The molecular formula is C13H13N3O. The highest BCUT2D eigenvalue weighted by atomic mass is 16.2. The van der Waals surface area contributed by atoms with Gasteiger partial charge in [0.05, 0.1) is 24.1 Å². The van der Waals surface area contributed by atoms with E-state index < -0.39 is 0 Å². The van der Waals surface area contributed by atoms with Gasteiger partial charge in [-0.3, -0.25) is 4.79 Å². The van der Waals surface area contributed by atoms with Crippen molar-refractivity contribution < 1.29 is 4.79 Å². The molecule has 0 aromatic heterocycles. The molecular weight excluding hydrogens is 214 g/mol. The summed E-state index contributed by atoms with van der Waals surface area (Å²) in [5.41, 5.74) is 1.07. The molecule has 1 amide bonds. The van der Waals surface area contributed by atoms with E-state index in [4.69, 9.17) is 10.5 Å². The molecule has 86 valence electrons. The van der Waals surface area contributed by atoms with Crippen molar-refractivity contribution >= 4 is 5.91 Å². The van der Waals surface area contributed by atoms with Gasteiger partial charge < -0.3 is 4.90 Å². The summed E-state index contributed by atoms with van der Waals surface area (Å²) in [4.78, 5) is 13.6. The third-order valence-corrected chi connectivity index (χ3v) is 2.42. The molecule has 0 unspecified atom stereocenters. The monoisotopic (exact) mass is 227 g/mol. The van der Waals surface area contributed by atoms with Crippen LogP contribution in [0.1, 0.15) is 29.3 Å². The van der Waals surface area contributed by atoms with Gasteiger partial charge in [-0.2, -0.15) is 10.5 Å². The summed E-state index contributed by atoms with van der Waals surface area (Å²) in [6, 6.07) is 10.5. The molecule has 4 nitrogen and oxygen atoms in total. The smallest absolute Gasteiger partial charge is 0.253 e. The first-order chi connectivity index (χ1) is 8.22. The maximum Gasteiger partial charge on any atom is 0.253 e. The minimum absolute atomic E-state index is 0.104. The molecule has 17 heavy (non-hydrogen) atoms. The molecule has 1 aromatic carbocycles. The minimum Gasteiger partial charge on any atom is -0.338 e. The zero-order chi connectivity index (χ0) is 12.7. The SMILES string of the molecule is CCN(CCC#N)C(=O)c1ccc(C#N)cc1. The molecule has 0 N–H and O–H groups in total. The summed E-state index contributed by atoms with van der Waals surface area (Å²) >= 11 is 0. The maximum atomic E-state index is 12.0. The van der Waals surface area contributed by atoms with Crippen LogP contribution in [0.4, 0.5) is 0 Å². The Kier molecular flexibility index (Phi) is 4.72. The van der Waals surface area contributed by atoms with Crippen LogP contribution in [0.3, 0.4) is 0 Å². The number of hydrogen-bond acceptors (Lipinski definition) is 3. The van der Waals surface area contributed by atoms with Gasteiger partial charge in [-0.1, -0.05) is 0 Å². The van der Waals surface area contributed by atoms with Crippen molar-refractivity contribution in [2.45, 2.75) is 13.3 Å². The van der Waals surface area contributed by atoms with Gasteiger partial charge in [0.25, 0.3) is 5.91 Å². The van der Waals surface area contributed by atoms with Crippen molar-refractivity contribution in [3.8, 4) is 12.1 Å². The summed E-state index contributed by atoms with van der Waals surface area (Å²) < 4.78 is 0. The Morgan fingerprint density at radius 1 is 1.29 bits per heavy atom. The molecule has 1 rings (SSSR count). The highest BCUT2D eigenvalue weighted by Crippen LogP contribution is 2.07. The Morgan fingerprint density at radius 2 is 1.94 bits per heavy atom. The first-order valence-corrected chi connectivity index (χ1v) is 5.39. The highest BCUT2D eigenvalue weighted by molar-refractivity contribution is 5.94. The summed E-state index contributed by atoms with van der Waals surface area (Å²) in [7, 11) is 0. The average Bonchev–Trinajstić information content (AvgIpc) is 2.39. The number of hydrogen-bond donors (Lipinski definition) is 0. The fourth-order valence-electron chi connectivity index (χ4n) is 1.46. The Balaban J connectivity index is 2.80. The third kappa shape index (κ3) is 3.32. The van der Waals surface area contributed by atoms with Crippen molar-refractivity contribution in [2.75, 3.05) is 13.1 Å². The quantitative estimate of drug-likeness (QED) is 0.789. The lowest BCUT2D eigenvalue weighted by atomic mass is 10.1. The van der Waals surface area contributed by atoms with Crippen molar-refractivity contribution in [3.63, 3.8) is 0 Å². The van der Waals surface area contributed by atoms with E-state index >= 15 is 0 Å². The van der Waals surface area contributed by atoms with E-state index in [1.807, 2.05) is 19.1 Å². The minimum atomic E-state index is -0.104. The van der Waals surface area contributed by atoms with Crippen LogP contribution < -0.4 is 0 Å². The standard InChI is InChI=1S/C13H13N3O/c1-2-16(9-3-8-14)13(17)12-6-4-11(10-15)5-7-12/h4-7H,2-3,9H2,1H3. The van der Waals surface area contributed by atoms with Crippen molar-refractivity contribution in [1.82, 2.24) is 4.90 Å². The molecule has 0 radical (unpaired) electrons.